The zero-order chi connectivity index (χ0) is 20.5. The molecule has 0 unspecified atom stereocenters. The minimum atomic E-state index is 0.0404. The van der Waals surface area contributed by atoms with Crippen LogP contribution in [0.2, 0.25) is 0 Å². The highest BCUT2D eigenvalue weighted by molar-refractivity contribution is 5.90. The van der Waals surface area contributed by atoms with Crippen LogP contribution in [0.15, 0.2) is 47.5 Å². The third-order valence-corrected chi connectivity index (χ3v) is 4.51. The van der Waals surface area contributed by atoms with Gasteiger partial charge in [-0.05, 0) is 48.2 Å². The van der Waals surface area contributed by atoms with E-state index >= 15 is 0 Å². The molecule has 3 N–H and O–H groups in total. The molecule has 3 rings (SSSR count). The molecule has 7 nitrogen and oxygen atoms in total. The summed E-state index contributed by atoms with van der Waals surface area (Å²) in [4.78, 5) is 16.0. The summed E-state index contributed by atoms with van der Waals surface area (Å²) in [6.45, 7) is 3.63. The summed E-state index contributed by atoms with van der Waals surface area (Å²) in [6, 6.07) is 13.8. The molecule has 0 radical (unpaired) electrons. The molecule has 1 amide bonds. The lowest BCUT2D eigenvalue weighted by Crippen LogP contribution is -2.37. The molecule has 1 aliphatic heterocycles. The summed E-state index contributed by atoms with van der Waals surface area (Å²) < 4.78 is 10.8. The quantitative estimate of drug-likeness (QED) is 0.472. The highest BCUT2D eigenvalue weighted by Crippen LogP contribution is 2.32. The van der Waals surface area contributed by atoms with Crippen LogP contribution in [0.1, 0.15) is 30.9 Å². The number of nitrogens with one attached hydrogen (secondary N) is 3. The normalized spacial score (nSPS) is 12.6. The van der Waals surface area contributed by atoms with Gasteiger partial charge in [0.05, 0.1) is 0 Å². The molecule has 0 saturated heterocycles. The predicted octanol–water partition coefficient (Wildman–Crippen LogP) is 3.06. The summed E-state index contributed by atoms with van der Waals surface area (Å²) in [5, 5.41) is 9.54. The summed E-state index contributed by atoms with van der Waals surface area (Å²) in [5.41, 5.74) is 3.05. The van der Waals surface area contributed by atoms with Crippen LogP contribution < -0.4 is 25.4 Å². The highest BCUT2D eigenvalue weighted by atomic mass is 16.7. The van der Waals surface area contributed by atoms with Crippen molar-refractivity contribution in [2.75, 3.05) is 25.7 Å². The zero-order valence-electron chi connectivity index (χ0n) is 17.0. The third-order valence-electron chi connectivity index (χ3n) is 4.51. The average molecular weight is 396 g/mol. The van der Waals surface area contributed by atoms with E-state index in [1.807, 2.05) is 49.4 Å². The Bertz CT molecular complexity index is 867. The van der Waals surface area contributed by atoms with Gasteiger partial charge in [-0.1, -0.05) is 25.1 Å². The lowest BCUT2D eigenvalue weighted by atomic mass is 10.1. The van der Waals surface area contributed by atoms with Crippen molar-refractivity contribution in [3.8, 4) is 11.5 Å². The summed E-state index contributed by atoms with van der Waals surface area (Å²) in [6.07, 6.45) is 2.21. The lowest BCUT2D eigenvalue weighted by molar-refractivity contribution is -0.116. The van der Waals surface area contributed by atoms with Gasteiger partial charge in [0.15, 0.2) is 17.5 Å². The first-order valence-electron chi connectivity index (χ1n) is 9.89. The Balaban J connectivity index is 1.45. The maximum atomic E-state index is 11.8. The number of carbonyl (C=O) groups excluding carboxylic acids is 1. The van der Waals surface area contributed by atoms with Gasteiger partial charge < -0.3 is 25.4 Å². The smallest absolute Gasteiger partial charge is 0.231 e. The minimum absolute atomic E-state index is 0.0404. The molecule has 154 valence electrons. The lowest BCUT2D eigenvalue weighted by Gasteiger charge is -2.13. The maximum Gasteiger partial charge on any atom is 0.231 e. The number of carbonyl (C=O) groups is 1. The van der Waals surface area contributed by atoms with Crippen molar-refractivity contribution < 1.29 is 14.3 Å². The van der Waals surface area contributed by atoms with Crippen LogP contribution in [0.5, 0.6) is 11.5 Å². The van der Waals surface area contributed by atoms with Gasteiger partial charge in [0.1, 0.15) is 0 Å². The van der Waals surface area contributed by atoms with Gasteiger partial charge in [0, 0.05) is 32.2 Å². The number of hydrogen-bond donors (Lipinski definition) is 3. The summed E-state index contributed by atoms with van der Waals surface area (Å²) in [5.74, 6) is 2.37. The molecule has 0 aliphatic carbocycles. The second-order valence-electron chi connectivity index (χ2n) is 6.79. The predicted molar refractivity (Wildman–Crippen MR) is 114 cm³/mol. The van der Waals surface area contributed by atoms with Crippen molar-refractivity contribution in [2.45, 2.75) is 32.7 Å². The Hall–Kier alpha value is -3.22. The molecule has 2 aromatic carbocycles. The molecule has 0 aromatic heterocycles. The SMILES string of the molecule is CCCC(=O)Nc1cccc(CNC(=NC)NCCc2ccc3c(c2)OCO3)c1. The molecule has 0 spiro atoms. The Morgan fingerprint density at radius 2 is 1.93 bits per heavy atom. The number of anilines is 1. The molecule has 1 heterocycles. The van der Waals surface area contributed by atoms with Gasteiger partial charge >= 0.3 is 0 Å². The fourth-order valence-corrected chi connectivity index (χ4v) is 3.04. The second-order valence-corrected chi connectivity index (χ2v) is 6.79. The van der Waals surface area contributed by atoms with Crippen molar-refractivity contribution in [2.24, 2.45) is 4.99 Å². The summed E-state index contributed by atoms with van der Waals surface area (Å²) in [7, 11) is 1.75. The van der Waals surface area contributed by atoms with Gasteiger partial charge in [-0.15, -0.1) is 0 Å². The Kier molecular flexibility index (Phi) is 7.33. The Morgan fingerprint density at radius 3 is 2.76 bits per heavy atom. The fourth-order valence-electron chi connectivity index (χ4n) is 3.04. The van der Waals surface area contributed by atoms with Crippen LogP contribution in [0.25, 0.3) is 0 Å². The van der Waals surface area contributed by atoms with E-state index in [0.29, 0.717) is 13.0 Å². The Labute approximate surface area is 171 Å². The second kappa shape index (κ2) is 10.4. The Morgan fingerprint density at radius 1 is 1.07 bits per heavy atom. The molecule has 0 fully saturated rings. The van der Waals surface area contributed by atoms with E-state index < -0.39 is 0 Å². The van der Waals surface area contributed by atoms with Crippen LogP contribution >= 0.6 is 0 Å². The molecule has 0 bridgehead atoms. The van der Waals surface area contributed by atoms with E-state index in [1.165, 1.54) is 5.56 Å². The van der Waals surface area contributed by atoms with E-state index in [2.05, 4.69) is 20.9 Å². The average Bonchev–Trinajstić information content (AvgIpc) is 3.19. The molecule has 2 aromatic rings. The number of nitrogens with zero attached hydrogens (tertiary/aromatic N) is 1. The third kappa shape index (κ3) is 6.14. The molecule has 0 saturated carbocycles. The molecular weight excluding hydrogens is 368 g/mol. The number of hydrogen-bond acceptors (Lipinski definition) is 4. The zero-order valence-corrected chi connectivity index (χ0v) is 17.0. The standard InChI is InChI=1S/C22H28N4O3/c1-3-5-21(27)26-18-7-4-6-17(12-18)14-25-22(23-2)24-11-10-16-8-9-19-20(13-16)29-15-28-19/h4,6-9,12-13H,3,5,10-11,14-15H2,1-2H3,(H,26,27)(H2,23,24,25). The van der Waals surface area contributed by atoms with Gasteiger partial charge in [0.2, 0.25) is 12.7 Å². The van der Waals surface area contributed by atoms with Crippen molar-refractivity contribution in [3.63, 3.8) is 0 Å². The largest absolute Gasteiger partial charge is 0.454 e. The van der Waals surface area contributed by atoms with Crippen molar-refractivity contribution in [1.29, 1.82) is 0 Å². The highest BCUT2D eigenvalue weighted by Gasteiger charge is 2.13. The van der Waals surface area contributed by atoms with Crippen LogP contribution in [-0.4, -0.2) is 32.3 Å². The van der Waals surface area contributed by atoms with E-state index in [1.54, 1.807) is 7.05 Å². The van der Waals surface area contributed by atoms with E-state index in [4.69, 9.17) is 9.47 Å². The first kappa shape index (κ1) is 20.5. The molecule has 0 atom stereocenters. The van der Waals surface area contributed by atoms with Crippen LogP contribution in [0, 0.1) is 0 Å². The number of benzene rings is 2. The number of aliphatic imine (C=N–C) groups is 1. The molecule has 29 heavy (non-hydrogen) atoms. The van der Waals surface area contributed by atoms with E-state index in [-0.39, 0.29) is 12.7 Å². The molecule has 7 heteroatoms. The molecule has 1 aliphatic rings. The number of fused-ring (bicyclic) bond motifs is 1. The van der Waals surface area contributed by atoms with Crippen LogP contribution in [0.4, 0.5) is 5.69 Å². The fraction of sp³-hybridized carbons (Fsp3) is 0.364. The topological polar surface area (TPSA) is 84.0 Å². The number of ether oxygens (including phenoxy) is 2. The van der Waals surface area contributed by atoms with Crippen molar-refractivity contribution in [3.05, 3.63) is 53.6 Å². The first-order chi connectivity index (χ1) is 14.2. The molecular formula is C22H28N4O3. The van der Waals surface area contributed by atoms with Crippen molar-refractivity contribution >= 4 is 17.6 Å². The summed E-state index contributed by atoms with van der Waals surface area (Å²) >= 11 is 0. The maximum absolute atomic E-state index is 11.8. The van der Waals surface area contributed by atoms with E-state index in [0.717, 1.165) is 48.1 Å². The van der Waals surface area contributed by atoms with Gasteiger partial charge in [-0.25, -0.2) is 0 Å². The van der Waals surface area contributed by atoms with Gasteiger partial charge in [-0.3, -0.25) is 9.79 Å². The van der Waals surface area contributed by atoms with Crippen LogP contribution in [0.3, 0.4) is 0 Å². The minimum Gasteiger partial charge on any atom is -0.454 e. The van der Waals surface area contributed by atoms with Gasteiger partial charge in [-0.2, -0.15) is 0 Å². The van der Waals surface area contributed by atoms with E-state index in [9.17, 15) is 4.79 Å². The van der Waals surface area contributed by atoms with Crippen molar-refractivity contribution in [1.82, 2.24) is 10.6 Å². The van der Waals surface area contributed by atoms with Crippen LogP contribution in [-0.2, 0) is 17.8 Å². The number of rotatable bonds is 8. The number of amides is 1. The first-order valence-corrected chi connectivity index (χ1v) is 9.89. The van der Waals surface area contributed by atoms with Gasteiger partial charge in [0.25, 0.3) is 0 Å². The monoisotopic (exact) mass is 396 g/mol. The number of guanidine groups is 1.